The van der Waals surface area contributed by atoms with Crippen molar-refractivity contribution in [1.82, 2.24) is 40.3 Å². The summed E-state index contributed by atoms with van der Waals surface area (Å²) >= 11 is 7.55. The standard InChI is InChI=1S/C50H61ClFN9O8S/c1-31-45(70-30-56-31)33-9-7-32(8-10-33)27-53-48(65)40-24-35(62)28-61(40)49(66)46(50(2,3)4)58-43(63)13-21-68-22-14-44(64)60-18-16-59(17-19-60)15-6-20-69-42-25-36-39(26-41(42)67-5)54-29-55-47(36)57-34-11-12-38(52)37(51)23-34/h7-12,23,25-26,29-30,35,40,46,62H,6,13-22,24,27-28H2,1-5H3,(H,53,65)(H,58,63)(H,54,55,57). The van der Waals surface area contributed by atoms with Gasteiger partial charge in [0, 0.05) is 75.8 Å². The van der Waals surface area contributed by atoms with Gasteiger partial charge in [-0.1, -0.05) is 56.6 Å². The predicted octanol–water partition coefficient (Wildman–Crippen LogP) is 6.13. The number of benzene rings is 3. The number of carbonyl (C=O) groups is 4. The zero-order chi connectivity index (χ0) is 50.0. The number of rotatable bonds is 20. The zero-order valence-corrected chi connectivity index (χ0v) is 41.7. The number of aromatic nitrogens is 3. The number of hydrogen-bond acceptors (Lipinski definition) is 14. The molecular weight excluding hydrogens is 941 g/mol. The lowest BCUT2D eigenvalue weighted by molar-refractivity contribution is -0.144. The van der Waals surface area contributed by atoms with Gasteiger partial charge in [-0.3, -0.25) is 24.1 Å². The highest BCUT2D eigenvalue weighted by atomic mass is 35.5. The van der Waals surface area contributed by atoms with E-state index in [0.717, 1.165) is 34.7 Å². The van der Waals surface area contributed by atoms with Gasteiger partial charge in [0.2, 0.25) is 23.6 Å². The van der Waals surface area contributed by atoms with Crippen LogP contribution in [-0.4, -0.2) is 143 Å². The number of anilines is 2. The van der Waals surface area contributed by atoms with E-state index < -0.39 is 41.2 Å². The molecule has 2 saturated heterocycles. The number of ether oxygens (including phenoxy) is 3. The average Bonchev–Trinajstić information content (AvgIpc) is 3.97. The van der Waals surface area contributed by atoms with Crippen molar-refractivity contribution in [2.45, 2.75) is 78.1 Å². The smallest absolute Gasteiger partial charge is 0.246 e. The Labute approximate surface area is 416 Å². The molecule has 0 bridgehead atoms. The average molecular weight is 1000 g/mol. The molecule has 374 valence electrons. The molecule has 0 aliphatic carbocycles. The Bertz CT molecular complexity index is 2630. The van der Waals surface area contributed by atoms with Gasteiger partial charge in [0.1, 0.15) is 30.0 Å². The van der Waals surface area contributed by atoms with Gasteiger partial charge in [0.15, 0.2) is 11.5 Å². The third-order valence-electron chi connectivity index (χ3n) is 12.3. The summed E-state index contributed by atoms with van der Waals surface area (Å²) in [5.74, 6) is -0.217. The number of aliphatic hydroxyl groups is 1. The van der Waals surface area contributed by atoms with Crippen molar-refractivity contribution in [2.75, 3.05) is 71.5 Å². The molecule has 3 atom stereocenters. The van der Waals surface area contributed by atoms with E-state index in [4.69, 9.17) is 25.8 Å². The van der Waals surface area contributed by atoms with Gasteiger partial charge in [-0.05, 0) is 54.2 Å². The SMILES string of the molecule is COc1cc2ncnc(Nc3ccc(F)c(Cl)c3)c2cc1OCCCN1CCN(C(=O)CCOCCC(=O)NC(C(=O)N2CC(O)CC2C(=O)NCc2ccc(-c3scnc3C)cc2)C(C)(C)C)CC1. The molecule has 7 rings (SSSR count). The number of likely N-dealkylation sites (tertiary alicyclic amines) is 1. The first kappa shape index (κ1) is 51.8. The molecule has 3 unspecified atom stereocenters. The van der Waals surface area contributed by atoms with Crippen LogP contribution in [0.2, 0.25) is 5.02 Å². The van der Waals surface area contributed by atoms with Crippen LogP contribution < -0.4 is 25.4 Å². The quantitative estimate of drug-likeness (QED) is 0.0651. The highest BCUT2D eigenvalue weighted by Crippen LogP contribution is 2.36. The number of hydrogen-bond donors (Lipinski definition) is 4. The van der Waals surface area contributed by atoms with Crippen molar-refractivity contribution < 1.29 is 42.9 Å². The molecule has 2 aliphatic heterocycles. The van der Waals surface area contributed by atoms with Crippen LogP contribution in [0.1, 0.15) is 57.7 Å². The van der Waals surface area contributed by atoms with Crippen molar-refractivity contribution >= 4 is 69.0 Å². The third-order valence-corrected chi connectivity index (χ3v) is 13.6. The molecule has 3 aromatic carbocycles. The summed E-state index contributed by atoms with van der Waals surface area (Å²) in [4.78, 5) is 73.3. The molecule has 4 amide bonds. The molecule has 17 nitrogen and oxygen atoms in total. The first-order valence-electron chi connectivity index (χ1n) is 23.4. The Hall–Kier alpha value is -5.99. The second-order valence-electron chi connectivity index (χ2n) is 18.5. The van der Waals surface area contributed by atoms with E-state index in [2.05, 4.69) is 35.8 Å². The minimum atomic E-state index is -0.965. The topological polar surface area (TPSA) is 201 Å². The molecule has 2 aromatic heterocycles. The number of nitrogens with zero attached hydrogens (tertiary/aromatic N) is 6. The van der Waals surface area contributed by atoms with Crippen LogP contribution in [0.3, 0.4) is 0 Å². The molecular formula is C50H61ClFN9O8S. The van der Waals surface area contributed by atoms with Gasteiger partial charge in [-0.25, -0.2) is 19.3 Å². The van der Waals surface area contributed by atoms with E-state index in [1.54, 1.807) is 30.6 Å². The first-order valence-corrected chi connectivity index (χ1v) is 24.6. The van der Waals surface area contributed by atoms with Gasteiger partial charge < -0.3 is 45.1 Å². The number of aliphatic hydroxyl groups excluding tert-OH is 1. The summed E-state index contributed by atoms with van der Waals surface area (Å²) in [6.07, 6.45) is 1.50. The minimum absolute atomic E-state index is 0.00874. The number of carbonyl (C=O) groups excluding carboxylic acids is 4. The Kier molecular flexibility index (Phi) is 17.6. The fourth-order valence-corrected chi connectivity index (χ4v) is 9.43. The fourth-order valence-electron chi connectivity index (χ4n) is 8.44. The Morgan fingerprint density at radius 2 is 1.71 bits per heavy atom. The highest BCUT2D eigenvalue weighted by Gasteiger charge is 2.44. The number of thiazole rings is 1. The number of nitrogens with one attached hydrogen (secondary N) is 3. The number of piperazine rings is 1. The molecule has 4 heterocycles. The van der Waals surface area contributed by atoms with Crippen LogP contribution in [0.4, 0.5) is 15.9 Å². The second kappa shape index (κ2) is 23.7. The Balaban J connectivity index is 0.793. The lowest BCUT2D eigenvalue weighted by Gasteiger charge is -2.35. The molecule has 0 radical (unpaired) electrons. The van der Waals surface area contributed by atoms with Crippen LogP contribution in [0, 0.1) is 18.2 Å². The van der Waals surface area contributed by atoms with Gasteiger partial charge in [0.05, 0.1) is 66.1 Å². The number of methoxy groups -OCH3 is 1. The summed E-state index contributed by atoms with van der Waals surface area (Å²) in [6.45, 7) is 11.7. The number of aryl methyl sites for hydroxylation is 1. The van der Waals surface area contributed by atoms with E-state index >= 15 is 0 Å². The lowest BCUT2D eigenvalue weighted by Crippen LogP contribution is -2.57. The third kappa shape index (κ3) is 13.4. The Morgan fingerprint density at radius 1 is 0.957 bits per heavy atom. The summed E-state index contributed by atoms with van der Waals surface area (Å²) in [7, 11) is 1.56. The van der Waals surface area contributed by atoms with Crippen LogP contribution in [0.25, 0.3) is 21.3 Å². The predicted molar refractivity (Wildman–Crippen MR) is 266 cm³/mol. The first-order chi connectivity index (χ1) is 33.6. The van der Waals surface area contributed by atoms with E-state index in [-0.39, 0.29) is 62.4 Å². The van der Waals surface area contributed by atoms with Crippen molar-refractivity contribution in [2.24, 2.45) is 5.41 Å². The molecule has 0 spiro atoms. The van der Waals surface area contributed by atoms with Gasteiger partial charge in [-0.15, -0.1) is 11.3 Å². The van der Waals surface area contributed by atoms with Crippen LogP contribution in [0.15, 0.2) is 66.4 Å². The molecule has 0 saturated carbocycles. The summed E-state index contributed by atoms with van der Waals surface area (Å²) < 4.78 is 31.2. The second-order valence-corrected chi connectivity index (χ2v) is 19.7. The van der Waals surface area contributed by atoms with Crippen molar-refractivity contribution in [3.8, 4) is 21.9 Å². The molecule has 2 fully saturated rings. The molecule has 5 aromatic rings. The van der Waals surface area contributed by atoms with Gasteiger partial charge in [-0.2, -0.15) is 0 Å². The van der Waals surface area contributed by atoms with Gasteiger partial charge in [0.25, 0.3) is 0 Å². The molecule has 2 aliphatic rings. The molecule has 70 heavy (non-hydrogen) atoms. The van der Waals surface area contributed by atoms with E-state index in [1.807, 2.05) is 68.4 Å². The summed E-state index contributed by atoms with van der Waals surface area (Å²) in [6, 6.07) is 13.9. The van der Waals surface area contributed by atoms with Crippen LogP contribution in [-0.2, 0) is 30.5 Å². The van der Waals surface area contributed by atoms with Crippen molar-refractivity contribution in [3.63, 3.8) is 0 Å². The van der Waals surface area contributed by atoms with Gasteiger partial charge >= 0.3 is 0 Å². The maximum atomic E-state index is 14.0. The monoisotopic (exact) mass is 1000 g/mol. The lowest BCUT2D eigenvalue weighted by atomic mass is 9.85. The number of halogens is 2. The maximum Gasteiger partial charge on any atom is 0.246 e. The van der Waals surface area contributed by atoms with E-state index in [9.17, 15) is 28.7 Å². The highest BCUT2D eigenvalue weighted by molar-refractivity contribution is 7.13. The fraction of sp³-hybridized carbons (Fsp3) is 0.460. The maximum absolute atomic E-state index is 14.0. The van der Waals surface area contributed by atoms with Crippen molar-refractivity contribution in [3.05, 3.63) is 88.5 Å². The van der Waals surface area contributed by atoms with E-state index in [0.29, 0.717) is 66.7 Å². The zero-order valence-electron chi connectivity index (χ0n) is 40.1. The van der Waals surface area contributed by atoms with Crippen LogP contribution >= 0.6 is 22.9 Å². The summed E-state index contributed by atoms with van der Waals surface area (Å²) in [5.41, 5.74) is 5.19. The number of β-amino-alcohol motifs (C(OH)–C–C–N with tert-alkyl or cyclic N) is 1. The molecule has 4 N–H and O–H groups in total. The van der Waals surface area contributed by atoms with E-state index in [1.165, 1.54) is 23.4 Å². The van der Waals surface area contributed by atoms with Crippen molar-refractivity contribution in [1.29, 1.82) is 0 Å². The van der Waals surface area contributed by atoms with Crippen LogP contribution in [0.5, 0.6) is 11.5 Å². The Morgan fingerprint density at radius 3 is 2.41 bits per heavy atom. The minimum Gasteiger partial charge on any atom is -0.493 e. The normalized spacial score (nSPS) is 16.8. The largest absolute Gasteiger partial charge is 0.493 e. The number of amides is 4. The number of fused-ring (bicyclic) bond motifs is 1. The summed E-state index contributed by atoms with van der Waals surface area (Å²) in [5, 5.41) is 20.2. The molecule has 20 heteroatoms.